The molecule has 156 valence electrons. The minimum atomic E-state index is -0.252. The topological polar surface area (TPSA) is 46.1 Å². The summed E-state index contributed by atoms with van der Waals surface area (Å²) in [5.74, 6) is 6.78. The first-order valence-corrected chi connectivity index (χ1v) is 11.5. The summed E-state index contributed by atoms with van der Waals surface area (Å²) >= 11 is 1.67. The summed E-state index contributed by atoms with van der Waals surface area (Å²) in [6.07, 6.45) is 3.87. The van der Waals surface area contributed by atoms with Crippen LogP contribution in [-0.2, 0) is 24.3 Å². The summed E-state index contributed by atoms with van der Waals surface area (Å²) in [6.45, 7) is 7.60. The Morgan fingerprint density at radius 2 is 2.20 bits per heavy atom. The third-order valence-corrected chi connectivity index (χ3v) is 6.56. The molecule has 2 atom stereocenters. The van der Waals surface area contributed by atoms with Gasteiger partial charge in [0.05, 0.1) is 19.1 Å². The Morgan fingerprint density at radius 1 is 1.33 bits per heavy atom. The molecule has 0 unspecified atom stereocenters. The SMILES string of the molecule is CC#CCn1cc2c3c(cccc31)[C@H](CC(C)C)N[C@H](C(=O)NCc1cccs1)C2. The molecule has 1 aliphatic rings. The molecule has 4 nitrogen and oxygen atoms in total. The molecule has 0 saturated carbocycles. The molecule has 0 aliphatic carbocycles. The molecule has 2 N–H and O–H groups in total. The van der Waals surface area contributed by atoms with Gasteiger partial charge < -0.3 is 9.88 Å². The molecule has 0 fully saturated rings. The van der Waals surface area contributed by atoms with Gasteiger partial charge in [-0.1, -0.05) is 38.0 Å². The van der Waals surface area contributed by atoms with E-state index in [4.69, 9.17) is 0 Å². The zero-order chi connectivity index (χ0) is 21.1. The summed E-state index contributed by atoms with van der Waals surface area (Å²) in [6, 6.07) is 10.5. The number of rotatable bonds is 6. The maximum absolute atomic E-state index is 13.1. The third-order valence-electron chi connectivity index (χ3n) is 5.69. The fraction of sp³-hybridized carbons (Fsp3) is 0.400. The molecular formula is C25H29N3OS. The van der Waals surface area contributed by atoms with Crippen LogP contribution in [0.15, 0.2) is 41.9 Å². The van der Waals surface area contributed by atoms with Crippen LogP contribution in [0.5, 0.6) is 0 Å². The van der Waals surface area contributed by atoms with Crippen LogP contribution in [0, 0.1) is 17.8 Å². The number of hydrogen-bond acceptors (Lipinski definition) is 3. The minimum absolute atomic E-state index is 0.0687. The highest BCUT2D eigenvalue weighted by Gasteiger charge is 2.30. The minimum Gasteiger partial charge on any atom is -0.350 e. The molecule has 30 heavy (non-hydrogen) atoms. The zero-order valence-electron chi connectivity index (χ0n) is 17.9. The zero-order valence-corrected chi connectivity index (χ0v) is 18.7. The van der Waals surface area contributed by atoms with Crippen LogP contribution in [0.2, 0.25) is 0 Å². The molecule has 0 saturated heterocycles. The lowest BCUT2D eigenvalue weighted by molar-refractivity contribution is -0.123. The number of thiophene rings is 1. The van der Waals surface area contributed by atoms with Gasteiger partial charge in [-0.05, 0) is 54.3 Å². The fourth-order valence-electron chi connectivity index (χ4n) is 4.37. The van der Waals surface area contributed by atoms with Crippen molar-refractivity contribution in [2.75, 3.05) is 0 Å². The monoisotopic (exact) mass is 419 g/mol. The number of amides is 1. The van der Waals surface area contributed by atoms with E-state index in [1.807, 2.05) is 18.4 Å². The van der Waals surface area contributed by atoms with Gasteiger partial charge in [0.2, 0.25) is 5.91 Å². The first-order chi connectivity index (χ1) is 14.6. The van der Waals surface area contributed by atoms with Crippen LogP contribution in [0.4, 0.5) is 0 Å². The van der Waals surface area contributed by atoms with Gasteiger partial charge in [-0.2, -0.15) is 0 Å². The summed E-state index contributed by atoms with van der Waals surface area (Å²) in [4.78, 5) is 14.3. The van der Waals surface area contributed by atoms with Crippen molar-refractivity contribution >= 4 is 28.1 Å². The van der Waals surface area contributed by atoms with E-state index >= 15 is 0 Å². The van der Waals surface area contributed by atoms with Crippen LogP contribution in [0.1, 0.15) is 49.2 Å². The van der Waals surface area contributed by atoms with E-state index < -0.39 is 0 Å². The van der Waals surface area contributed by atoms with Crippen molar-refractivity contribution in [3.8, 4) is 11.8 Å². The second-order valence-corrected chi connectivity index (χ2v) is 9.39. The lowest BCUT2D eigenvalue weighted by atomic mass is 9.94. The summed E-state index contributed by atoms with van der Waals surface area (Å²) < 4.78 is 2.23. The average Bonchev–Trinajstić information content (AvgIpc) is 3.33. The van der Waals surface area contributed by atoms with Crippen LogP contribution in [0.3, 0.4) is 0 Å². The number of aromatic nitrogens is 1. The predicted octanol–water partition coefficient (Wildman–Crippen LogP) is 4.64. The summed E-state index contributed by atoms with van der Waals surface area (Å²) in [5.41, 5.74) is 3.74. The van der Waals surface area contributed by atoms with Crippen LogP contribution >= 0.6 is 11.3 Å². The van der Waals surface area contributed by atoms with Gasteiger partial charge in [-0.3, -0.25) is 10.1 Å². The van der Waals surface area contributed by atoms with Crippen molar-refractivity contribution in [3.05, 3.63) is 57.9 Å². The van der Waals surface area contributed by atoms with Crippen molar-refractivity contribution in [2.45, 2.75) is 58.8 Å². The third kappa shape index (κ3) is 4.30. The van der Waals surface area contributed by atoms with Crippen molar-refractivity contribution < 1.29 is 4.79 Å². The number of nitrogens with zero attached hydrogens (tertiary/aromatic N) is 1. The van der Waals surface area contributed by atoms with Crippen LogP contribution in [0.25, 0.3) is 10.9 Å². The Kier molecular flexibility index (Phi) is 6.26. The maximum Gasteiger partial charge on any atom is 0.237 e. The number of carbonyl (C=O) groups excluding carboxylic acids is 1. The fourth-order valence-corrected chi connectivity index (χ4v) is 5.01. The Labute approximate surface area is 182 Å². The number of carbonyl (C=O) groups is 1. The molecule has 0 radical (unpaired) electrons. The highest BCUT2D eigenvalue weighted by molar-refractivity contribution is 7.09. The Bertz CT molecular complexity index is 1080. The molecule has 5 heteroatoms. The van der Waals surface area contributed by atoms with Crippen molar-refractivity contribution in [2.24, 2.45) is 5.92 Å². The maximum atomic E-state index is 13.1. The van der Waals surface area contributed by atoms with Crippen LogP contribution in [-0.4, -0.2) is 16.5 Å². The average molecular weight is 420 g/mol. The van der Waals surface area contributed by atoms with Gasteiger partial charge in [0.15, 0.2) is 0 Å². The second-order valence-electron chi connectivity index (χ2n) is 8.35. The van der Waals surface area contributed by atoms with E-state index in [1.54, 1.807) is 11.3 Å². The van der Waals surface area contributed by atoms with Gasteiger partial charge >= 0.3 is 0 Å². The van der Waals surface area contributed by atoms with Crippen molar-refractivity contribution in [1.82, 2.24) is 15.2 Å². The predicted molar refractivity (Wildman–Crippen MR) is 124 cm³/mol. The van der Waals surface area contributed by atoms with Crippen LogP contribution < -0.4 is 10.6 Å². The molecular weight excluding hydrogens is 390 g/mol. The standard InChI is InChI=1S/C25H29N3OS/c1-4-5-11-28-16-18-14-22(25(29)26-15-19-8-7-12-30-19)27-21(13-17(2)3)20-9-6-10-23(28)24(18)20/h6-10,12,16-17,21-22,27H,11,13-15H2,1-3H3,(H,26,29)/t21-,22-/m0/s1. The van der Waals surface area contributed by atoms with Crippen molar-refractivity contribution in [1.29, 1.82) is 0 Å². The van der Waals surface area contributed by atoms with Gasteiger partial charge in [-0.15, -0.1) is 17.3 Å². The Hall–Kier alpha value is -2.55. The van der Waals surface area contributed by atoms with E-state index in [0.717, 1.165) is 6.42 Å². The highest BCUT2D eigenvalue weighted by atomic mass is 32.1. The normalized spacial score (nSPS) is 18.1. The summed E-state index contributed by atoms with van der Waals surface area (Å²) in [5, 5.41) is 10.2. The largest absolute Gasteiger partial charge is 0.350 e. The molecule has 1 aliphatic heterocycles. The number of nitrogens with one attached hydrogen (secondary N) is 2. The molecule has 0 spiro atoms. The smallest absolute Gasteiger partial charge is 0.237 e. The summed E-state index contributed by atoms with van der Waals surface area (Å²) in [7, 11) is 0. The lowest BCUT2D eigenvalue weighted by Gasteiger charge is -2.25. The first-order valence-electron chi connectivity index (χ1n) is 10.6. The van der Waals surface area contributed by atoms with E-state index in [-0.39, 0.29) is 18.0 Å². The molecule has 1 amide bonds. The van der Waals surface area contributed by atoms with E-state index in [2.05, 4.69) is 71.4 Å². The quantitative estimate of drug-likeness (QED) is 0.572. The second kappa shape index (κ2) is 9.07. The molecule has 0 bridgehead atoms. The van der Waals surface area contributed by atoms with Gasteiger partial charge in [0.25, 0.3) is 0 Å². The Morgan fingerprint density at radius 3 is 2.93 bits per heavy atom. The molecule has 3 aromatic rings. The molecule has 2 aromatic heterocycles. The number of hydrogen-bond donors (Lipinski definition) is 2. The molecule has 3 heterocycles. The van der Waals surface area contributed by atoms with Gasteiger partial charge in [0.1, 0.15) is 0 Å². The van der Waals surface area contributed by atoms with Crippen molar-refractivity contribution in [3.63, 3.8) is 0 Å². The number of benzene rings is 1. The highest BCUT2D eigenvalue weighted by Crippen LogP contribution is 2.35. The molecule has 4 rings (SSSR count). The van der Waals surface area contributed by atoms with E-state index in [0.29, 0.717) is 25.4 Å². The van der Waals surface area contributed by atoms with Gasteiger partial charge in [0, 0.05) is 28.0 Å². The Balaban J connectivity index is 1.68. The molecule has 1 aromatic carbocycles. The first kappa shape index (κ1) is 20.7. The van der Waals surface area contributed by atoms with E-state index in [9.17, 15) is 4.79 Å². The lowest BCUT2D eigenvalue weighted by Crippen LogP contribution is -2.46. The van der Waals surface area contributed by atoms with E-state index in [1.165, 1.54) is 26.9 Å². The van der Waals surface area contributed by atoms with Gasteiger partial charge in [-0.25, -0.2) is 0 Å².